The van der Waals surface area contributed by atoms with Gasteiger partial charge < -0.3 is 10.2 Å². The third-order valence-electron chi connectivity index (χ3n) is 3.51. The molecule has 2 amide bonds. The fraction of sp³-hybridized carbons (Fsp3) is 0.375. The Balaban J connectivity index is 2.26. The number of carbonyl (C=O) groups excluding carboxylic acids is 3. The predicted octanol–water partition coefficient (Wildman–Crippen LogP) is 1.68. The fourth-order valence-corrected chi connectivity index (χ4v) is 3.25. The van der Waals surface area contributed by atoms with Gasteiger partial charge in [0, 0.05) is 37.2 Å². The topological polar surface area (TPSA) is 90.3 Å². The van der Waals surface area contributed by atoms with Crippen molar-refractivity contribution in [2.75, 3.05) is 29.9 Å². The van der Waals surface area contributed by atoms with Gasteiger partial charge in [0.15, 0.2) is 11.7 Å². The van der Waals surface area contributed by atoms with Gasteiger partial charge in [-0.15, -0.1) is 0 Å². The first kappa shape index (κ1) is 17.9. The number of nitrogens with one attached hydrogen (secondary N) is 1. The molecule has 1 N–H and O–H groups in total. The Labute approximate surface area is 143 Å². The van der Waals surface area contributed by atoms with Crippen LogP contribution in [0.25, 0.3) is 0 Å². The molecule has 1 fully saturated rings. The van der Waals surface area contributed by atoms with E-state index in [0.29, 0.717) is 13.1 Å². The van der Waals surface area contributed by atoms with Gasteiger partial charge in [-0.05, 0) is 18.2 Å². The highest BCUT2D eigenvalue weighted by Crippen LogP contribution is 2.21. The first-order chi connectivity index (χ1) is 11.4. The number of hydrogen-bond donors (Lipinski definition) is 1. The number of benzene rings is 1. The largest absolute Gasteiger partial charge is 0.339 e. The first-order valence-electron chi connectivity index (χ1n) is 7.31. The molecule has 1 unspecified atom stereocenters. The van der Waals surface area contributed by atoms with Gasteiger partial charge in [0.1, 0.15) is 5.82 Å². The molecule has 1 saturated heterocycles. The highest BCUT2D eigenvalue weighted by Gasteiger charge is 2.33. The molecule has 1 aromatic rings. The van der Waals surface area contributed by atoms with Gasteiger partial charge in [-0.25, -0.2) is 4.39 Å². The number of carbonyl (C=O) groups is 3. The number of nitriles is 1. The lowest BCUT2D eigenvalue weighted by Gasteiger charge is -2.27. The number of hydrogen-bond acceptors (Lipinski definition) is 5. The first-order valence-corrected chi connectivity index (χ1v) is 8.47. The number of nitrogens with zero attached hydrogens (tertiary/aromatic N) is 2. The van der Waals surface area contributed by atoms with Crippen LogP contribution in [-0.4, -0.2) is 47.1 Å². The molecule has 0 spiro atoms. The molecule has 2 rings (SSSR count). The molecule has 1 aromatic carbocycles. The third kappa shape index (κ3) is 4.11. The van der Waals surface area contributed by atoms with Crippen molar-refractivity contribution < 1.29 is 18.8 Å². The molecule has 24 heavy (non-hydrogen) atoms. The van der Waals surface area contributed by atoms with Gasteiger partial charge in [-0.1, -0.05) is 0 Å². The predicted molar refractivity (Wildman–Crippen MR) is 88.0 cm³/mol. The summed E-state index contributed by atoms with van der Waals surface area (Å²) in [5, 5.41) is 11.7. The van der Waals surface area contributed by atoms with Crippen LogP contribution in [0.5, 0.6) is 0 Å². The molecule has 1 aliphatic rings. The molecule has 0 saturated carbocycles. The summed E-state index contributed by atoms with van der Waals surface area (Å²) in [6.45, 7) is 2.20. The maximum absolute atomic E-state index is 14.0. The van der Waals surface area contributed by atoms with Crippen molar-refractivity contribution >= 4 is 35.0 Å². The molecule has 6 nitrogen and oxygen atoms in total. The zero-order chi connectivity index (χ0) is 17.7. The van der Waals surface area contributed by atoms with E-state index in [1.165, 1.54) is 17.9 Å². The molecule has 0 bridgehead atoms. The van der Waals surface area contributed by atoms with Crippen LogP contribution in [0.2, 0.25) is 0 Å². The molecule has 126 valence electrons. The minimum Gasteiger partial charge on any atom is -0.339 e. The number of Topliss-reactive ketones (excluding diaryl/α,β-unsaturated/α-hetero) is 1. The van der Waals surface area contributed by atoms with Gasteiger partial charge in [0.2, 0.25) is 11.8 Å². The average molecular weight is 349 g/mol. The number of halogens is 1. The van der Waals surface area contributed by atoms with Crippen molar-refractivity contribution in [2.24, 2.45) is 5.92 Å². The van der Waals surface area contributed by atoms with Crippen LogP contribution in [0.15, 0.2) is 18.2 Å². The summed E-state index contributed by atoms with van der Waals surface area (Å²) in [6, 6.07) is 5.15. The second-order valence-corrected chi connectivity index (χ2v) is 6.46. The van der Waals surface area contributed by atoms with E-state index in [9.17, 15) is 24.0 Å². The Hall–Kier alpha value is -2.40. The minimum atomic E-state index is -1.59. The highest BCUT2D eigenvalue weighted by atomic mass is 32.2. The van der Waals surface area contributed by atoms with Gasteiger partial charge in [-0.2, -0.15) is 17.0 Å². The van der Waals surface area contributed by atoms with Crippen LogP contribution in [0.3, 0.4) is 0 Å². The molecule has 0 aromatic heterocycles. The van der Waals surface area contributed by atoms with Crippen molar-refractivity contribution in [1.82, 2.24) is 4.90 Å². The summed E-state index contributed by atoms with van der Waals surface area (Å²) in [6.07, 6.45) is 0. The Morgan fingerprint density at radius 1 is 1.33 bits per heavy atom. The summed E-state index contributed by atoms with van der Waals surface area (Å²) >= 11 is 1.69. The Morgan fingerprint density at radius 2 is 2.00 bits per heavy atom. The summed E-state index contributed by atoms with van der Waals surface area (Å²) in [4.78, 5) is 37.4. The molecule has 8 heteroatoms. The number of rotatable bonds is 4. The molecule has 1 aliphatic heterocycles. The SMILES string of the molecule is CC(=O)Nc1ccc(F)c(C(=O)C(C#N)C(=O)N2CCSCC2)c1. The molecular formula is C16H16FN3O3S. The zero-order valence-electron chi connectivity index (χ0n) is 13.0. The van der Waals surface area contributed by atoms with Crippen molar-refractivity contribution in [1.29, 1.82) is 5.26 Å². The Morgan fingerprint density at radius 3 is 2.58 bits per heavy atom. The van der Waals surface area contributed by atoms with Crippen molar-refractivity contribution in [3.8, 4) is 6.07 Å². The fourth-order valence-electron chi connectivity index (χ4n) is 2.34. The van der Waals surface area contributed by atoms with Crippen LogP contribution in [0, 0.1) is 23.1 Å². The number of thioether (sulfide) groups is 1. The molecular weight excluding hydrogens is 333 g/mol. The number of ketones is 1. The summed E-state index contributed by atoms with van der Waals surface area (Å²) in [7, 11) is 0. The number of amides is 2. The summed E-state index contributed by atoms with van der Waals surface area (Å²) < 4.78 is 14.0. The van der Waals surface area contributed by atoms with E-state index in [1.807, 2.05) is 0 Å². The molecule has 1 atom stereocenters. The molecule has 0 aliphatic carbocycles. The maximum atomic E-state index is 14.0. The van der Waals surface area contributed by atoms with E-state index in [1.54, 1.807) is 17.8 Å². The van der Waals surface area contributed by atoms with Gasteiger partial charge in [-0.3, -0.25) is 14.4 Å². The van der Waals surface area contributed by atoms with E-state index < -0.39 is 23.4 Å². The van der Waals surface area contributed by atoms with Crippen molar-refractivity contribution in [3.05, 3.63) is 29.6 Å². The van der Waals surface area contributed by atoms with E-state index in [4.69, 9.17) is 0 Å². The van der Waals surface area contributed by atoms with E-state index in [2.05, 4.69) is 5.32 Å². The van der Waals surface area contributed by atoms with Crippen LogP contribution >= 0.6 is 11.8 Å². The Bertz CT molecular complexity index is 711. The van der Waals surface area contributed by atoms with E-state index >= 15 is 0 Å². The molecule has 0 radical (unpaired) electrons. The van der Waals surface area contributed by atoms with Crippen molar-refractivity contribution in [3.63, 3.8) is 0 Å². The lowest BCUT2D eigenvalue weighted by molar-refractivity contribution is -0.132. The van der Waals surface area contributed by atoms with Crippen molar-refractivity contribution in [2.45, 2.75) is 6.92 Å². The van der Waals surface area contributed by atoms with Crippen LogP contribution < -0.4 is 5.32 Å². The van der Waals surface area contributed by atoms with Crippen LogP contribution in [0.1, 0.15) is 17.3 Å². The second-order valence-electron chi connectivity index (χ2n) is 5.24. The van der Waals surface area contributed by atoms with Gasteiger partial charge in [0.05, 0.1) is 11.6 Å². The summed E-state index contributed by atoms with van der Waals surface area (Å²) in [5.41, 5.74) is -0.154. The normalized spacial score (nSPS) is 15.3. The Kier molecular flexibility index (Phi) is 5.93. The van der Waals surface area contributed by atoms with Gasteiger partial charge in [0.25, 0.3) is 0 Å². The lowest BCUT2D eigenvalue weighted by atomic mass is 9.96. The monoisotopic (exact) mass is 349 g/mol. The zero-order valence-corrected chi connectivity index (χ0v) is 13.9. The van der Waals surface area contributed by atoms with Gasteiger partial charge >= 0.3 is 0 Å². The molecule has 1 heterocycles. The summed E-state index contributed by atoms with van der Waals surface area (Å²) in [5.74, 6) is -2.82. The van der Waals surface area contributed by atoms with E-state index in [-0.39, 0.29) is 17.2 Å². The smallest absolute Gasteiger partial charge is 0.248 e. The highest BCUT2D eigenvalue weighted by molar-refractivity contribution is 7.99. The van der Waals surface area contributed by atoms with E-state index in [0.717, 1.165) is 23.6 Å². The van der Waals surface area contributed by atoms with Crippen LogP contribution in [0.4, 0.5) is 10.1 Å². The lowest BCUT2D eigenvalue weighted by Crippen LogP contribution is -2.43. The van der Waals surface area contributed by atoms with Crippen LogP contribution in [-0.2, 0) is 9.59 Å². The maximum Gasteiger partial charge on any atom is 0.248 e. The minimum absolute atomic E-state index is 0.228. The number of anilines is 1. The quantitative estimate of drug-likeness (QED) is 0.660. The second kappa shape index (κ2) is 7.93. The standard InChI is InChI=1S/C16H16FN3O3S/c1-10(21)19-11-2-3-14(17)12(8-11)15(22)13(9-18)16(23)20-4-6-24-7-5-20/h2-3,8,13H,4-7H2,1H3,(H,19,21). The average Bonchev–Trinajstić information content (AvgIpc) is 2.57. The third-order valence-corrected chi connectivity index (χ3v) is 4.46.